The first kappa shape index (κ1) is 9.34. The fraction of sp³-hybridized carbons (Fsp3) is 1.00. The number of hydrogen-bond acceptors (Lipinski definition) is 1. The summed E-state index contributed by atoms with van der Waals surface area (Å²) in [6, 6.07) is 0.559. The van der Waals surface area contributed by atoms with Gasteiger partial charge in [-0.15, -0.1) is 12.4 Å². The van der Waals surface area contributed by atoms with E-state index in [0.29, 0.717) is 6.04 Å². The molecule has 0 heterocycles. The summed E-state index contributed by atoms with van der Waals surface area (Å²) in [5.41, 5.74) is 6.07. The number of nitrogens with two attached hydrogens (primary N) is 1. The third-order valence-electron chi connectivity index (χ3n) is 3.63. The van der Waals surface area contributed by atoms with Gasteiger partial charge in [0.2, 0.25) is 0 Å². The first-order valence-corrected chi connectivity index (χ1v) is 4.58. The van der Waals surface area contributed by atoms with Crippen LogP contribution in [-0.2, 0) is 0 Å². The molecule has 2 fully saturated rings. The topological polar surface area (TPSA) is 26.0 Å². The van der Waals surface area contributed by atoms with E-state index in [1.54, 1.807) is 0 Å². The maximum atomic E-state index is 6.07. The minimum Gasteiger partial charge on any atom is -0.327 e. The lowest BCUT2D eigenvalue weighted by atomic mass is 9.83. The van der Waals surface area contributed by atoms with Crippen LogP contribution in [0.4, 0.5) is 0 Å². The van der Waals surface area contributed by atoms with Crippen molar-refractivity contribution in [3.8, 4) is 0 Å². The molecule has 0 aromatic carbocycles. The zero-order valence-electron chi connectivity index (χ0n) is 7.12. The maximum absolute atomic E-state index is 6.07. The number of rotatable bonds is 1. The Kier molecular flexibility index (Phi) is 2.82. The third kappa shape index (κ3) is 1.29. The second-order valence-corrected chi connectivity index (χ2v) is 3.98. The van der Waals surface area contributed by atoms with Crippen molar-refractivity contribution in [3.63, 3.8) is 0 Å². The first-order valence-electron chi connectivity index (χ1n) is 4.58. The molecular weight excluding hydrogens is 158 g/mol. The van der Waals surface area contributed by atoms with Crippen molar-refractivity contribution in [2.24, 2.45) is 23.5 Å². The van der Waals surface area contributed by atoms with Gasteiger partial charge in [-0.3, -0.25) is 0 Å². The van der Waals surface area contributed by atoms with Crippen LogP contribution < -0.4 is 5.73 Å². The normalized spacial score (nSPS) is 47.5. The minimum absolute atomic E-state index is 0. The Morgan fingerprint density at radius 3 is 2.27 bits per heavy atom. The summed E-state index contributed by atoms with van der Waals surface area (Å²) in [4.78, 5) is 0. The Labute approximate surface area is 75.1 Å². The smallest absolute Gasteiger partial charge is 0.00982 e. The molecule has 2 aliphatic rings. The summed E-state index contributed by atoms with van der Waals surface area (Å²) < 4.78 is 0. The van der Waals surface area contributed by atoms with Crippen LogP contribution in [0.5, 0.6) is 0 Å². The third-order valence-corrected chi connectivity index (χ3v) is 3.63. The van der Waals surface area contributed by atoms with Gasteiger partial charge in [0.1, 0.15) is 0 Å². The van der Waals surface area contributed by atoms with Gasteiger partial charge >= 0.3 is 0 Å². The SMILES string of the molecule is CC[C@@H]1[C@H]2CC[C@H](C2)[C@H]1N.Cl. The van der Waals surface area contributed by atoms with Gasteiger partial charge in [-0.25, -0.2) is 0 Å². The van der Waals surface area contributed by atoms with Crippen LogP contribution in [0.15, 0.2) is 0 Å². The lowest BCUT2D eigenvalue weighted by Crippen LogP contribution is -2.35. The molecule has 0 saturated heterocycles. The Hall–Kier alpha value is 0.250. The van der Waals surface area contributed by atoms with Crippen LogP contribution in [-0.4, -0.2) is 6.04 Å². The molecular formula is C9H18ClN. The highest BCUT2D eigenvalue weighted by Crippen LogP contribution is 2.48. The van der Waals surface area contributed by atoms with Crippen molar-refractivity contribution in [3.05, 3.63) is 0 Å². The van der Waals surface area contributed by atoms with Gasteiger partial charge in [-0.2, -0.15) is 0 Å². The summed E-state index contributed by atoms with van der Waals surface area (Å²) in [7, 11) is 0. The van der Waals surface area contributed by atoms with Crippen LogP contribution in [0.25, 0.3) is 0 Å². The van der Waals surface area contributed by atoms with Crippen LogP contribution in [0.3, 0.4) is 0 Å². The summed E-state index contributed by atoms with van der Waals surface area (Å²) >= 11 is 0. The molecule has 0 spiro atoms. The van der Waals surface area contributed by atoms with Gasteiger partial charge in [-0.1, -0.05) is 13.3 Å². The molecule has 0 unspecified atom stereocenters. The molecule has 11 heavy (non-hydrogen) atoms. The number of fused-ring (bicyclic) bond motifs is 2. The van der Waals surface area contributed by atoms with Crippen molar-refractivity contribution in [1.82, 2.24) is 0 Å². The van der Waals surface area contributed by atoms with Crippen molar-refractivity contribution >= 4 is 12.4 Å². The van der Waals surface area contributed by atoms with Gasteiger partial charge in [0.15, 0.2) is 0 Å². The highest BCUT2D eigenvalue weighted by Gasteiger charge is 2.44. The average molecular weight is 176 g/mol. The highest BCUT2D eigenvalue weighted by molar-refractivity contribution is 5.85. The monoisotopic (exact) mass is 175 g/mol. The van der Waals surface area contributed by atoms with E-state index in [1.807, 2.05) is 0 Å². The van der Waals surface area contributed by atoms with Crippen LogP contribution >= 0.6 is 12.4 Å². The van der Waals surface area contributed by atoms with E-state index in [-0.39, 0.29) is 12.4 Å². The molecule has 0 aliphatic heterocycles. The zero-order valence-corrected chi connectivity index (χ0v) is 7.94. The van der Waals surface area contributed by atoms with E-state index in [1.165, 1.54) is 25.7 Å². The van der Waals surface area contributed by atoms with E-state index in [2.05, 4.69) is 6.92 Å². The molecule has 0 aromatic rings. The Morgan fingerprint density at radius 1 is 1.27 bits per heavy atom. The minimum atomic E-state index is 0. The predicted molar refractivity (Wildman–Crippen MR) is 49.8 cm³/mol. The molecule has 2 N–H and O–H groups in total. The van der Waals surface area contributed by atoms with Gasteiger partial charge in [0, 0.05) is 6.04 Å². The predicted octanol–water partition coefficient (Wildman–Crippen LogP) is 2.19. The lowest BCUT2D eigenvalue weighted by molar-refractivity contribution is 0.281. The summed E-state index contributed by atoms with van der Waals surface area (Å²) in [5.74, 6) is 2.78. The fourth-order valence-electron chi connectivity index (χ4n) is 3.06. The van der Waals surface area contributed by atoms with Gasteiger partial charge in [0.05, 0.1) is 0 Å². The van der Waals surface area contributed by atoms with E-state index < -0.39 is 0 Å². The molecule has 2 rings (SSSR count). The average Bonchev–Trinajstić information content (AvgIpc) is 2.46. The molecule has 0 aromatic heterocycles. The summed E-state index contributed by atoms with van der Waals surface area (Å²) in [6.07, 6.45) is 5.64. The van der Waals surface area contributed by atoms with Gasteiger partial charge < -0.3 is 5.73 Å². The van der Waals surface area contributed by atoms with Crippen molar-refractivity contribution in [1.29, 1.82) is 0 Å². The first-order chi connectivity index (χ1) is 4.83. The summed E-state index contributed by atoms with van der Waals surface area (Å²) in [5, 5.41) is 0. The molecule has 0 radical (unpaired) electrons. The second kappa shape index (κ2) is 3.32. The van der Waals surface area contributed by atoms with E-state index in [4.69, 9.17) is 5.73 Å². The van der Waals surface area contributed by atoms with Crippen molar-refractivity contribution in [2.75, 3.05) is 0 Å². The molecule has 1 nitrogen and oxygen atoms in total. The molecule has 2 bridgehead atoms. The molecule has 2 saturated carbocycles. The largest absolute Gasteiger partial charge is 0.327 e. The molecule has 0 amide bonds. The van der Waals surface area contributed by atoms with E-state index in [0.717, 1.165) is 17.8 Å². The molecule has 2 heteroatoms. The molecule has 4 atom stereocenters. The summed E-state index contributed by atoms with van der Waals surface area (Å²) in [6.45, 7) is 2.28. The molecule has 66 valence electrons. The maximum Gasteiger partial charge on any atom is 0.00982 e. The van der Waals surface area contributed by atoms with E-state index in [9.17, 15) is 0 Å². The second-order valence-electron chi connectivity index (χ2n) is 3.98. The lowest BCUT2D eigenvalue weighted by Gasteiger charge is -2.26. The van der Waals surface area contributed by atoms with Crippen LogP contribution in [0.2, 0.25) is 0 Å². The van der Waals surface area contributed by atoms with Crippen LogP contribution in [0.1, 0.15) is 32.6 Å². The van der Waals surface area contributed by atoms with E-state index >= 15 is 0 Å². The quantitative estimate of drug-likeness (QED) is 0.650. The number of hydrogen-bond donors (Lipinski definition) is 1. The highest BCUT2D eigenvalue weighted by atomic mass is 35.5. The van der Waals surface area contributed by atoms with Gasteiger partial charge in [0.25, 0.3) is 0 Å². The Balaban J connectivity index is 0.000000605. The zero-order chi connectivity index (χ0) is 7.14. The Bertz CT molecular complexity index is 136. The van der Waals surface area contributed by atoms with Gasteiger partial charge in [-0.05, 0) is 37.0 Å². The Morgan fingerprint density at radius 2 is 1.91 bits per heavy atom. The van der Waals surface area contributed by atoms with Crippen molar-refractivity contribution < 1.29 is 0 Å². The van der Waals surface area contributed by atoms with Crippen LogP contribution in [0, 0.1) is 17.8 Å². The fourth-order valence-corrected chi connectivity index (χ4v) is 3.06. The van der Waals surface area contributed by atoms with Crippen molar-refractivity contribution in [2.45, 2.75) is 38.6 Å². The standard InChI is InChI=1S/C9H17N.ClH/c1-2-8-6-3-4-7(5-6)9(8)10;/h6-9H,2-5,10H2,1H3;1H/t6-,7+,8+,9+;/m0./s1. The number of halogens is 1. The molecule has 2 aliphatic carbocycles.